The van der Waals surface area contributed by atoms with Crippen LogP contribution >= 0.6 is 0 Å². The van der Waals surface area contributed by atoms with E-state index in [0.717, 1.165) is 5.69 Å². The number of carbonyl (C=O) groups is 2. The van der Waals surface area contributed by atoms with Crippen molar-refractivity contribution in [1.29, 1.82) is 0 Å². The van der Waals surface area contributed by atoms with Crippen LogP contribution in [0.25, 0.3) is 5.69 Å². The Hall–Kier alpha value is -2.87. The molecule has 0 aliphatic carbocycles. The summed E-state index contributed by atoms with van der Waals surface area (Å²) >= 11 is 0. The second kappa shape index (κ2) is 8.01. The summed E-state index contributed by atoms with van der Waals surface area (Å²) in [6.07, 6.45) is 2.73. The molecule has 1 aromatic carbocycles. The van der Waals surface area contributed by atoms with Crippen LogP contribution in [0, 0.1) is 0 Å². The van der Waals surface area contributed by atoms with Gasteiger partial charge in [-0.3, -0.25) is 4.79 Å². The number of hydrogen-bond donors (Lipinski definition) is 1. The van der Waals surface area contributed by atoms with Gasteiger partial charge in [-0.05, 0) is 25.0 Å². The van der Waals surface area contributed by atoms with Gasteiger partial charge in [0.15, 0.2) is 11.4 Å². The number of ether oxygens (including phenoxy) is 2. The SMILES string of the molecule is COCCOc1cn(-c2ccccc2)nc1C(=O)N1CCC[C@@H]1C(=O)O. The summed E-state index contributed by atoms with van der Waals surface area (Å²) in [5.74, 6) is -1.12. The Morgan fingerprint density at radius 2 is 2.04 bits per heavy atom. The summed E-state index contributed by atoms with van der Waals surface area (Å²) < 4.78 is 12.2. The van der Waals surface area contributed by atoms with Gasteiger partial charge in [0.25, 0.3) is 5.91 Å². The number of likely N-dealkylation sites (tertiary alicyclic amines) is 1. The van der Waals surface area contributed by atoms with Crippen molar-refractivity contribution >= 4 is 11.9 Å². The number of amides is 1. The van der Waals surface area contributed by atoms with Gasteiger partial charge >= 0.3 is 5.97 Å². The lowest BCUT2D eigenvalue weighted by Crippen LogP contribution is -2.40. The molecule has 1 N–H and O–H groups in total. The maximum absolute atomic E-state index is 12.9. The zero-order valence-corrected chi connectivity index (χ0v) is 14.5. The van der Waals surface area contributed by atoms with Gasteiger partial charge in [0, 0.05) is 13.7 Å². The van der Waals surface area contributed by atoms with Crippen LogP contribution in [0.1, 0.15) is 23.3 Å². The Bertz CT molecular complexity index is 774. The molecule has 1 aromatic heterocycles. The number of aliphatic carboxylic acids is 1. The molecular formula is C18H21N3O5. The van der Waals surface area contributed by atoms with Gasteiger partial charge in [-0.15, -0.1) is 0 Å². The first-order valence-corrected chi connectivity index (χ1v) is 8.42. The fourth-order valence-corrected chi connectivity index (χ4v) is 2.96. The summed E-state index contributed by atoms with van der Waals surface area (Å²) in [4.78, 5) is 25.7. The minimum atomic E-state index is -1.000. The molecule has 138 valence electrons. The fourth-order valence-electron chi connectivity index (χ4n) is 2.96. The second-order valence-corrected chi connectivity index (χ2v) is 5.96. The highest BCUT2D eigenvalue weighted by Crippen LogP contribution is 2.26. The van der Waals surface area contributed by atoms with E-state index in [1.807, 2.05) is 30.3 Å². The second-order valence-electron chi connectivity index (χ2n) is 5.96. The first kappa shape index (κ1) is 17.9. The third-order valence-corrected chi connectivity index (χ3v) is 4.25. The molecule has 1 aliphatic heterocycles. The van der Waals surface area contributed by atoms with Crippen LogP contribution in [-0.2, 0) is 9.53 Å². The molecule has 0 spiro atoms. The number of hydrogen-bond acceptors (Lipinski definition) is 5. The molecule has 2 heterocycles. The first-order chi connectivity index (χ1) is 12.6. The van der Waals surface area contributed by atoms with Crippen LogP contribution in [0.4, 0.5) is 0 Å². The standard InChI is InChI=1S/C18H21N3O5/c1-25-10-11-26-15-12-21(13-6-3-2-4-7-13)19-16(15)17(22)20-9-5-8-14(20)18(23)24/h2-4,6-7,12,14H,5,8-11H2,1H3,(H,23,24)/t14-/m1/s1. The lowest BCUT2D eigenvalue weighted by Gasteiger charge is -2.20. The van der Waals surface area contributed by atoms with Crippen LogP contribution in [0.5, 0.6) is 5.75 Å². The van der Waals surface area contributed by atoms with Crippen molar-refractivity contribution in [2.24, 2.45) is 0 Å². The average Bonchev–Trinajstić information content (AvgIpc) is 3.30. The van der Waals surface area contributed by atoms with Crippen molar-refractivity contribution in [3.63, 3.8) is 0 Å². The normalized spacial score (nSPS) is 16.7. The monoisotopic (exact) mass is 359 g/mol. The summed E-state index contributed by atoms with van der Waals surface area (Å²) in [5, 5.41) is 13.7. The predicted molar refractivity (Wildman–Crippen MR) is 92.6 cm³/mol. The molecule has 1 amide bonds. The van der Waals surface area contributed by atoms with Gasteiger partial charge in [-0.25, -0.2) is 9.48 Å². The average molecular weight is 359 g/mol. The molecule has 1 aliphatic rings. The number of carboxylic acid groups (broad SMARTS) is 1. The van der Waals surface area contributed by atoms with E-state index >= 15 is 0 Å². The quantitative estimate of drug-likeness (QED) is 0.755. The summed E-state index contributed by atoms with van der Waals surface area (Å²) in [6, 6.07) is 8.51. The highest BCUT2D eigenvalue weighted by atomic mass is 16.5. The molecule has 1 saturated heterocycles. The van der Waals surface area contributed by atoms with Gasteiger partial charge in [0.1, 0.15) is 12.6 Å². The lowest BCUT2D eigenvalue weighted by molar-refractivity contribution is -0.141. The van der Waals surface area contributed by atoms with Crippen molar-refractivity contribution in [2.75, 3.05) is 26.9 Å². The number of carboxylic acids is 1. The summed E-state index contributed by atoms with van der Waals surface area (Å²) in [6.45, 7) is 1.02. The number of aromatic nitrogens is 2. The minimum absolute atomic E-state index is 0.109. The maximum atomic E-state index is 12.9. The fraction of sp³-hybridized carbons (Fsp3) is 0.389. The maximum Gasteiger partial charge on any atom is 0.326 e. The van der Waals surface area contributed by atoms with Crippen LogP contribution in [0.3, 0.4) is 0 Å². The number of methoxy groups -OCH3 is 1. The van der Waals surface area contributed by atoms with E-state index in [1.54, 1.807) is 18.0 Å². The third-order valence-electron chi connectivity index (χ3n) is 4.25. The van der Waals surface area contributed by atoms with Crippen LogP contribution in [0.15, 0.2) is 36.5 Å². The van der Waals surface area contributed by atoms with E-state index in [0.29, 0.717) is 31.7 Å². The Morgan fingerprint density at radius 3 is 2.73 bits per heavy atom. The van der Waals surface area contributed by atoms with Gasteiger partial charge < -0.3 is 19.5 Å². The largest absolute Gasteiger partial charge is 0.487 e. The van der Waals surface area contributed by atoms with Crippen molar-refractivity contribution in [3.8, 4) is 11.4 Å². The number of carbonyl (C=O) groups excluding carboxylic acids is 1. The molecule has 8 nitrogen and oxygen atoms in total. The minimum Gasteiger partial charge on any atom is -0.487 e. The van der Waals surface area contributed by atoms with E-state index in [9.17, 15) is 14.7 Å². The van der Waals surface area contributed by atoms with Gasteiger partial charge in [-0.2, -0.15) is 5.10 Å². The Morgan fingerprint density at radius 1 is 1.27 bits per heavy atom. The van der Waals surface area contributed by atoms with E-state index in [-0.39, 0.29) is 12.3 Å². The molecule has 1 fully saturated rings. The highest BCUT2D eigenvalue weighted by Gasteiger charge is 2.36. The zero-order valence-electron chi connectivity index (χ0n) is 14.5. The molecule has 26 heavy (non-hydrogen) atoms. The van der Waals surface area contributed by atoms with Crippen molar-refractivity contribution in [1.82, 2.24) is 14.7 Å². The van der Waals surface area contributed by atoms with E-state index in [2.05, 4.69) is 5.10 Å². The third kappa shape index (κ3) is 3.70. The number of rotatable bonds is 7. The topological polar surface area (TPSA) is 93.9 Å². The van der Waals surface area contributed by atoms with E-state index in [4.69, 9.17) is 9.47 Å². The lowest BCUT2D eigenvalue weighted by atomic mass is 10.2. The van der Waals surface area contributed by atoms with Crippen LogP contribution in [0.2, 0.25) is 0 Å². The van der Waals surface area contributed by atoms with Gasteiger partial charge in [-0.1, -0.05) is 18.2 Å². The van der Waals surface area contributed by atoms with E-state index < -0.39 is 17.9 Å². The Balaban J connectivity index is 1.91. The molecule has 8 heteroatoms. The zero-order chi connectivity index (χ0) is 18.5. The van der Waals surface area contributed by atoms with Crippen molar-refractivity contribution < 1.29 is 24.2 Å². The molecule has 2 aromatic rings. The van der Waals surface area contributed by atoms with Crippen LogP contribution < -0.4 is 4.74 Å². The van der Waals surface area contributed by atoms with E-state index in [1.165, 1.54) is 4.90 Å². The number of para-hydroxylation sites is 1. The Labute approximate surface area is 150 Å². The molecule has 0 radical (unpaired) electrons. The predicted octanol–water partition coefficient (Wildman–Crippen LogP) is 1.59. The number of benzene rings is 1. The first-order valence-electron chi connectivity index (χ1n) is 8.42. The molecule has 3 rings (SSSR count). The summed E-state index contributed by atoms with van der Waals surface area (Å²) in [7, 11) is 1.56. The molecular weight excluding hydrogens is 338 g/mol. The summed E-state index contributed by atoms with van der Waals surface area (Å²) in [5.41, 5.74) is 0.887. The van der Waals surface area contributed by atoms with Crippen molar-refractivity contribution in [3.05, 3.63) is 42.2 Å². The van der Waals surface area contributed by atoms with Gasteiger partial charge in [0.2, 0.25) is 0 Å². The van der Waals surface area contributed by atoms with Crippen molar-refractivity contribution in [2.45, 2.75) is 18.9 Å². The van der Waals surface area contributed by atoms with Gasteiger partial charge in [0.05, 0.1) is 18.5 Å². The molecule has 1 atom stereocenters. The number of nitrogens with zero attached hydrogens (tertiary/aromatic N) is 3. The molecule has 0 bridgehead atoms. The molecule has 0 unspecified atom stereocenters. The highest BCUT2D eigenvalue weighted by molar-refractivity contribution is 5.97. The smallest absolute Gasteiger partial charge is 0.326 e. The molecule has 0 saturated carbocycles. The Kier molecular flexibility index (Phi) is 5.52. The van der Waals surface area contributed by atoms with Crippen LogP contribution in [-0.4, -0.2) is 64.6 Å².